The van der Waals surface area contributed by atoms with Gasteiger partial charge >= 0.3 is 5.97 Å². The van der Waals surface area contributed by atoms with E-state index in [4.69, 9.17) is 5.11 Å². The number of rotatable bonds is 5. The molecule has 0 radical (unpaired) electrons. The standard InChI is InChI=1S/C16H21N5O3S/c1-3-11-8-12-14(21-6-4-20(5-7-21)10(2)22)18-16(17-9-13(23)24)19-15(12)25-11/h8H,3-7,9H2,1-2H3,(H,23,24)(H,17,18,19). The van der Waals surface area contributed by atoms with Crippen molar-refractivity contribution in [2.75, 3.05) is 42.9 Å². The minimum atomic E-state index is -0.958. The fourth-order valence-electron chi connectivity index (χ4n) is 2.84. The number of piperazine rings is 1. The van der Waals surface area contributed by atoms with E-state index in [0.717, 1.165) is 22.5 Å². The number of fused-ring (bicyclic) bond motifs is 1. The highest BCUT2D eigenvalue weighted by atomic mass is 32.1. The normalized spacial score (nSPS) is 14.8. The fraction of sp³-hybridized carbons (Fsp3) is 0.500. The van der Waals surface area contributed by atoms with Gasteiger partial charge in [-0.15, -0.1) is 11.3 Å². The molecule has 1 fully saturated rings. The number of aliphatic carboxylic acids is 1. The van der Waals surface area contributed by atoms with Crippen molar-refractivity contribution in [3.63, 3.8) is 0 Å². The van der Waals surface area contributed by atoms with E-state index in [0.29, 0.717) is 32.1 Å². The molecule has 134 valence electrons. The van der Waals surface area contributed by atoms with E-state index in [1.807, 2.05) is 4.90 Å². The van der Waals surface area contributed by atoms with Crippen molar-refractivity contribution < 1.29 is 14.7 Å². The molecule has 1 amide bonds. The lowest BCUT2D eigenvalue weighted by atomic mass is 10.2. The SMILES string of the molecule is CCc1cc2c(N3CCN(C(C)=O)CC3)nc(NCC(=O)O)nc2s1. The van der Waals surface area contributed by atoms with Crippen molar-refractivity contribution in [2.24, 2.45) is 0 Å². The topological polar surface area (TPSA) is 98.7 Å². The number of carboxylic acids is 1. The number of nitrogens with one attached hydrogen (secondary N) is 1. The second kappa shape index (κ2) is 7.22. The molecule has 0 saturated carbocycles. The van der Waals surface area contributed by atoms with Gasteiger partial charge in [-0.2, -0.15) is 4.98 Å². The van der Waals surface area contributed by atoms with E-state index in [1.165, 1.54) is 4.88 Å². The number of carbonyl (C=O) groups is 2. The van der Waals surface area contributed by atoms with Crippen LogP contribution in [0.1, 0.15) is 18.7 Å². The first-order valence-corrected chi connectivity index (χ1v) is 9.06. The maximum absolute atomic E-state index is 11.5. The Morgan fingerprint density at radius 2 is 2.00 bits per heavy atom. The van der Waals surface area contributed by atoms with Crippen LogP contribution in [-0.4, -0.2) is 64.6 Å². The lowest BCUT2D eigenvalue weighted by Gasteiger charge is -2.35. The highest BCUT2D eigenvalue weighted by molar-refractivity contribution is 7.18. The third-order valence-corrected chi connectivity index (χ3v) is 5.37. The number of hydrogen-bond acceptors (Lipinski definition) is 7. The summed E-state index contributed by atoms with van der Waals surface area (Å²) >= 11 is 1.60. The summed E-state index contributed by atoms with van der Waals surface area (Å²) in [6, 6.07) is 2.10. The zero-order chi connectivity index (χ0) is 18.0. The Morgan fingerprint density at radius 1 is 1.28 bits per heavy atom. The van der Waals surface area contributed by atoms with Gasteiger partial charge in [-0.3, -0.25) is 9.59 Å². The summed E-state index contributed by atoms with van der Waals surface area (Å²) in [7, 11) is 0. The number of carbonyl (C=O) groups excluding carboxylic acids is 1. The van der Waals surface area contributed by atoms with Crippen LogP contribution in [0.5, 0.6) is 0 Å². The van der Waals surface area contributed by atoms with Gasteiger partial charge < -0.3 is 20.2 Å². The summed E-state index contributed by atoms with van der Waals surface area (Å²) in [6.07, 6.45) is 0.913. The fourth-order valence-corrected chi connectivity index (χ4v) is 3.80. The highest BCUT2D eigenvalue weighted by Gasteiger charge is 2.23. The monoisotopic (exact) mass is 363 g/mol. The molecule has 8 nitrogen and oxygen atoms in total. The highest BCUT2D eigenvalue weighted by Crippen LogP contribution is 2.32. The predicted molar refractivity (Wildman–Crippen MR) is 97.4 cm³/mol. The molecular formula is C16H21N5O3S. The minimum absolute atomic E-state index is 0.0834. The van der Waals surface area contributed by atoms with Crippen molar-refractivity contribution in [3.05, 3.63) is 10.9 Å². The van der Waals surface area contributed by atoms with Crippen molar-refractivity contribution >= 4 is 45.2 Å². The van der Waals surface area contributed by atoms with Crippen LogP contribution in [0.15, 0.2) is 6.07 Å². The summed E-state index contributed by atoms with van der Waals surface area (Å²) < 4.78 is 0. The Bertz CT molecular complexity index is 798. The van der Waals surface area contributed by atoms with Crippen molar-refractivity contribution in [2.45, 2.75) is 20.3 Å². The van der Waals surface area contributed by atoms with E-state index in [-0.39, 0.29) is 12.5 Å². The summed E-state index contributed by atoms with van der Waals surface area (Å²) in [5, 5.41) is 12.6. The summed E-state index contributed by atoms with van der Waals surface area (Å²) in [5.74, 6) is 0.251. The average Bonchev–Trinajstić information content (AvgIpc) is 3.02. The summed E-state index contributed by atoms with van der Waals surface area (Å²) in [6.45, 7) is 6.15. The number of amides is 1. The van der Waals surface area contributed by atoms with Gasteiger partial charge in [0.05, 0.1) is 5.39 Å². The zero-order valence-electron chi connectivity index (χ0n) is 14.3. The molecule has 1 aliphatic rings. The molecule has 9 heteroatoms. The molecule has 2 N–H and O–H groups in total. The van der Waals surface area contributed by atoms with Crippen LogP contribution in [0.3, 0.4) is 0 Å². The Labute approximate surface area is 149 Å². The third-order valence-electron chi connectivity index (χ3n) is 4.19. The third kappa shape index (κ3) is 3.81. The Kier molecular flexibility index (Phi) is 5.03. The van der Waals surface area contributed by atoms with E-state index >= 15 is 0 Å². The van der Waals surface area contributed by atoms with Gasteiger partial charge in [-0.05, 0) is 12.5 Å². The van der Waals surface area contributed by atoms with Crippen LogP contribution in [0.25, 0.3) is 10.2 Å². The van der Waals surface area contributed by atoms with Crippen LogP contribution in [0, 0.1) is 0 Å². The van der Waals surface area contributed by atoms with E-state index in [1.54, 1.807) is 18.3 Å². The Hall–Kier alpha value is -2.42. The second-order valence-corrected chi connectivity index (χ2v) is 7.01. The van der Waals surface area contributed by atoms with Crippen LogP contribution in [0.2, 0.25) is 0 Å². The van der Waals surface area contributed by atoms with Gasteiger partial charge in [0.2, 0.25) is 11.9 Å². The molecule has 1 saturated heterocycles. The Balaban J connectivity index is 1.92. The second-order valence-electron chi connectivity index (χ2n) is 5.90. The zero-order valence-corrected chi connectivity index (χ0v) is 15.1. The van der Waals surface area contributed by atoms with Crippen LogP contribution in [0.4, 0.5) is 11.8 Å². The van der Waals surface area contributed by atoms with Gasteiger partial charge in [0.25, 0.3) is 0 Å². The molecular weight excluding hydrogens is 342 g/mol. The lowest BCUT2D eigenvalue weighted by Crippen LogP contribution is -2.48. The number of nitrogens with zero attached hydrogens (tertiary/aromatic N) is 4. The minimum Gasteiger partial charge on any atom is -0.480 e. The Morgan fingerprint density at radius 3 is 2.60 bits per heavy atom. The molecule has 0 aromatic carbocycles. The van der Waals surface area contributed by atoms with Crippen LogP contribution >= 0.6 is 11.3 Å². The molecule has 0 bridgehead atoms. The van der Waals surface area contributed by atoms with Gasteiger partial charge in [0, 0.05) is 38.0 Å². The molecule has 3 heterocycles. The maximum atomic E-state index is 11.5. The maximum Gasteiger partial charge on any atom is 0.322 e. The molecule has 25 heavy (non-hydrogen) atoms. The van der Waals surface area contributed by atoms with Gasteiger partial charge in [-0.1, -0.05) is 6.92 Å². The quantitative estimate of drug-likeness (QED) is 0.829. The number of thiophene rings is 1. The molecule has 0 atom stereocenters. The van der Waals surface area contributed by atoms with Crippen LogP contribution < -0.4 is 10.2 Å². The van der Waals surface area contributed by atoms with Gasteiger partial charge in [0.1, 0.15) is 17.2 Å². The molecule has 0 unspecified atom stereocenters. The first kappa shape index (κ1) is 17.4. The van der Waals surface area contributed by atoms with Crippen LogP contribution in [-0.2, 0) is 16.0 Å². The number of anilines is 2. The number of aryl methyl sites for hydroxylation is 1. The smallest absolute Gasteiger partial charge is 0.322 e. The molecule has 1 aliphatic heterocycles. The van der Waals surface area contributed by atoms with Crippen molar-refractivity contribution in [3.8, 4) is 0 Å². The van der Waals surface area contributed by atoms with Gasteiger partial charge in [0.15, 0.2) is 0 Å². The first-order valence-electron chi connectivity index (χ1n) is 8.24. The predicted octanol–water partition coefficient (Wildman–Crippen LogP) is 1.42. The van der Waals surface area contributed by atoms with E-state index in [2.05, 4.69) is 33.2 Å². The summed E-state index contributed by atoms with van der Waals surface area (Å²) in [4.78, 5) is 37.4. The van der Waals surface area contributed by atoms with Crippen molar-refractivity contribution in [1.82, 2.24) is 14.9 Å². The molecule has 3 rings (SSSR count). The summed E-state index contributed by atoms with van der Waals surface area (Å²) in [5.41, 5.74) is 0. The van der Waals surface area contributed by atoms with E-state index in [9.17, 15) is 9.59 Å². The molecule has 2 aromatic heterocycles. The van der Waals surface area contributed by atoms with E-state index < -0.39 is 5.97 Å². The number of aromatic nitrogens is 2. The number of hydrogen-bond donors (Lipinski definition) is 2. The average molecular weight is 363 g/mol. The first-order chi connectivity index (χ1) is 12.0. The molecule has 2 aromatic rings. The molecule has 0 aliphatic carbocycles. The molecule has 0 spiro atoms. The largest absolute Gasteiger partial charge is 0.480 e. The van der Waals surface area contributed by atoms with Crippen molar-refractivity contribution in [1.29, 1.82) is 0 Å². The number of carboxylic acid groups (broad SMARTS) is 1. The van der Waals surface area contributed by atoms with Gasteiger partial charge in [-0.25, -0.2) is 4.98 Å². The lowest BCUT2D eigenvalue weighted by molar-refractivity contribution is -0.135.